The zero-order chi connectivity index (χ0) is 13.5. The van der Waals surface area contributed by atoms with Gasteiger partial charge < -0.3 is 9.47 Å². The standard InChI is InChI=1S/C13H13NO4/c1-17-12(15)11(13(16)18-2)10(8-14)9-6-4-3-5-7-9/h3-7,10-11H,1-2H3. The quantitative estimate of drug-likeness (QED) is 0.591. The van der Waals surface area contributed by atoms with Crippen LogP contribution in [0.25, 0.3) is 0 Å². The van der Waals surface area contributed by atoms with Crippen molar-refractivity contribution in [3.8, 4) is 6.07 Å². The van der Waals surface area contributed by atoms with Gasteiger partial charge in [0.15, 0.2) is 5.92 Å². The van der Waals surface area contributed by atoms with Crippen molar-refractivity contribution in [1.29, 1.82) is 5.26 Å². The van der Waals surface area contributed by atoms with Gasteiger partial charge in [-0.1, -0.05) is 30.3 Å². The highest BCUT2D eigenvalue weighted by Gasteiger charge is 2.38. The number of benzene rings is 1. The van der Waals surface area contributed by atoms with Gasteiger partial charge in [0.05, 0.1) is 26.2 Å². The first kappa shape index (κ1) is 13.7. The monoisotopic (exact) mass is 247 g/mol. The first-order chi connectivity index (χ1) is 8.65. The molecule has 94 valence electrons. The van der Waals surface area contributed by atoms with E-state index in [0.29, 0.717) is 5.56 Å². The van der Waals surface area contributed by atoms with E-state index in [9.17, 15) is 14.9 Å². The molecule has 0 saturated carbocycles. The molecule has 1 atom stereocenters. The van der Waals surface area contributed by atoms with Crippen LogP contribution in [0.2, 0.25) is 0 Å². The van der Waals surface area contributed by atoms with Crippen LogP contribution in [-0.2, 0) is 19.1 Å². The zero-order valence-corrected chi connectivity index (χ0v) is 10.1. The Morgan fingerprint density at radius 3 is 2.00 bits per heavy atom. The molecule has 0 aliphatic rings. The lowest BCUT2D eigenvalue weighted by molar-refractivity contribution is -0.159. The largest absolute Gasteiger partial charge is 0.468 e. The average Bonchev–Trinajstić information content (AvgIpc) is 2.44. The fourth-order valence-corrected chi connectivity index (χ4v) is 1.62. The summed E-state index contributed by atoms with van der Waals surface area (Å²) >= 11 is 0. The second-order valence-corrected chi connectivity index (χ2v) is 3.54. The Labute approximate surface area is 105 Å². The van der Waals surface area contributed by atoms with E-state index < -0.39 is 23.8 Å². The fraction of sp³-hybridized carbons (Fsp3) is 0.308. The Morgan fingerprint density at radius 1 is 1.11 bits per heavy atom. The molecule has 0 spiro atoms. The summed E-state index contributed by atoms with van der Waals surface area (Å²) in [6.45, 7) is 0. The highest BCUT2D eigenvalue weighted by atomic mass is 16.5. The van der Waals surface area contributed by atoms with Crippen LogP contribution in [0.1, 0.15) is 11.5 Å². The van der Waals surface area contributed by atoms with Crippen molar-refractivity contribution in [3.63, 3.8) is 0 Å². The number of hydrogen-bond donors (Lipinski definition) is 0. The normalized spacial score (nSPS) is 11.4. The Hall–Kier alpha value is -2.35. The number of esters is 2. The minimum atomic E-state index is -1.27. The van der Waals surface area contributed by atoms with E-state index in [1.165, 1.54) is 0 Å². The van der Waals surface area contributed by atoms with Crippen molar-refractivity contribution in [3.05, 3.63) is 35.9 Å². The summed E-state index contributed by atoms with van der Waals surface area (Å²) < 4.78 is 9.10. The van der Waals surface area contributed by atoms with Crippen LogP contribution >= 0.6 is 0 Å². The van der Waals surface area contributed by atoms with Gasteiger partial charge in [0.25, 0.3) is 0 Å². The Balaban J connectivity index is 3.14. The van der Waals surface area contributed by atoms with Crippen LogP contribution < -0.4 is 0 Å². The van der Waals surface area contributed by atoms with E-state index in [1.54, 1.807) is 30.3 Å². The van der Waals surface area contributed by atoms with E-state index in [1.807, 2.05) is 6.07 Å². The fourth-order valence-electron chi connectivity index (χ4n) is 1.62. The third kappa shape index (κ3) is 2.86. The maximum absolute atomic E-state index is 11.6. The van der Waals surface area contributed by atoms with Gasteiger partial charge in [0, 0.05) is 0 Å². The Kier molecular flexibility index (Phi) is 4.88. The van der Waals surface area contributed by atoms with Gasteiger partial charge in [0.2, 0.25) is 0 Å². The van der Waals surface area contributed by atoms with Gasteiger partial charge in [0.1, 0.15) is 0 Å². The van der Waals surface area contributed by atoms with Crippen LogP contribution in [0.5, 0.6) is 0 Å². The molecule has 0 saturated heterocycles. The molecule has 5 heteroatoms. The molecule has 0 radical (unpaired) electrons. The number of nitrogens with zero attached hydrogens (tertiary/aromatic N) is 1. The lowest BCUT2D eigenvalue weighted by Crippen LogP contribution is -2.31. The van der Waals surface area contributed by atoms with Crippen LogP contribution in [0.3, 0.4) is 0 Å². The summed E-state index contributed by atoms with van der Waals surface area (Å²) in [5, 5.41) is 9.17. The number of methoxy groups -OCH3 is 2. The summed E-state index contributed by atoms with van der Waals surface area (Å²) in [6, 6.07) is 10.5. The summed E-state index contributed by atoms with van der Waals surface area (Å²) in [6.07, 6.45) is 0. The molecule has 5 nitrogen and oxygen atoms in total. The summed E-state index contributed by atoms with van der Waals surface area (Å²) in [5.74, 6) is -3.76. The molecule has 0 aromatic heterocycles. The minimum absolute atomic E-state index is 0.570. The molecular weight excluding hydrogens is 234 g/mol. The average molecular weight is 247 g/mol. The molecule has 18 heavy (non-hydrogen) atoms. The molecule has 0 N–H and O–H groups in total. The van der Waals surface area contributed by atoms with Gasteiger partial charge in [-0.3, -0.25) is 9.59 Å². The molecule has 0 bridgehead atoms. The van der Waals surface area contributed by atoms with E-state index in [0.717, 1.165) is 14.2 Å². The van der Waals surface area contributed by atoms with E-state index in [2.05, 4.69) is 9.47 Å². The van der Waals surface area contributed by atoms with Gasteiger partial charge in [-0.15, -0.1) is 0 Å². The van der Waals surface area contributed by atoms with Crippen molar-refractivity contribution in [1.82, 2.24) is 0 Å². The molecule has 1 aromatic rings. The predicted octanol–water partition coefficient (Wildman–Crippen LogP) is 1.26. The maximum atomic E-state index is 11.6. The second-order valence-electron chi connectivity index (χ2n) is 3.54. The molecular formula is C13H13NO4. The number of ether oxygens (including phenoxy) is 2. The van der Waals surface area contributed by atoms with Gasteiger partial charge >= 0.3 is 11.9 Å². The third-order valence-electron chi connectivity index (χ3n) is 2.54. The smallest absolute Gasteiger partial charge is 0.321 e. The number of hydrogen-bond acceptors (Lipinski definition) is 5. The van der Waals surface area contributed by atoms with Crippen LogP contribution in [0.15, 0.2) is 30.3 Å². The molecule has 0 aliphatic carbocycles. The van der Waals surface area contributed by atoms with Gasteiger partial charge in [-0.2, -0.15) is 5.26 Å². The van der Waals surface area contributed by atoms with Gasteiger partial charge in [-0.25, -0.2) is 0 Å². The van der Waals surface area contributed by atoms with Crippen LogP contribution in [0, 0.1) is 17.2 Å². The molecule has 0 heterocycles. The summed E-state index contributed by atoms with van der Waals surface area (Å²) in [4.78, 5) is 23.2. The Morgan fingerprint density at radius 2 is 1.61 bits per heavy atom. The highest BCUT2D eigenvalue weighted by molar-refractivity contribution is 5.96. The predicted molar refractivity (Wildman–Crippen MR) is 62.3 cm³/mol. The second kappa shape index (κ2) is 6.40. The molecule has 1 rings (SSSR count). The highest BCUT2D eigenvalue weighted by Crippen LogP contribution is 2.26. The molecule has 0 aliphatic heterocycles. The molecule has 0 fully saturated rings. The first-order valence-electron chi connectivity index (χ1n) is 5.26. The van der Waals surface area contributed by atoms with Crippen molar-refractivity contribution in [2.45, 2.75) is 5.92 Å². The minimum Gasteiger partial charge on any atom is -0.468 e. The van der Waals surface area contributed by atoms with E-state index in [-0.39, 0.29) is 0 Å². The van der Waals surface area contributed by atoms with Crippen LogP contribution in [-0.4, -0.2) is 26.2 Å². The summed E-state index contributed by atoms with van der Waals surface area (Å²) in [7, 11) is 2.33. The van der Waals surface area contributed by atoms with E-state index >= 15 is 0 Å². The maximum Gasteiger partial charge on any atom is 0.321 e. The third-order valence-corrected chi connectivity index (χ3v) is 2.54. The Bertz CT molecular complexity index is 448. The summed E-state index contributed by atoms with van der Waals surface area (Å²) in [5.41, 5.74) is 0.570. The van der Waals surface area contributed by atoms with Gasteiger partial charge in [-0.05, 0) is 5.56 Å². The topological polar surface area (TPSA) is 76.4 Å². The van der Waals surface area contributed by atoms with Crippen molar-refractivity contribution < 1.29 is 19.1 Å². The lowest BCUT2D eigenvalue weighted by Gasteiger charge is -2.17. The number of rotatable bonds is 4. The van der Waals surface area contributed by atoms with Crippen molar-refractivity contribution in [2.75, 3.05) is 14.2 Å². The number of carbonyl (C=O) groups is 2. The molecule has 1 aromatic carbocycles. The molecule has 1 unspecified atom stereocenters. The first-order valence-corrected chi connectivity index (χ1v) is 5.26. The SMILES string of the molecule is COC(=O)C(C(=O)OC)C(C#N)c1ccccc1. The zero-order valence-electron chi connectivity index (χ0n) is 10.1. The lowest BCUT2D eigenvalue weighted by atomic mass is 9.87. The number of carbonyl (C=O) groups excluding carboxylic acids is 2. The van der Waals surface area contributed by atoms with Crippen molar-refractivity contribution >= 4 is 11.9 Å². The van der Waals surface area contributed by atoms with Crippen LogP contribution in [0.4, 0.5) is 0 Å². The van der Waals surface area contributed by atoms with Crippen molar-refractivity contribution in [2.24, 2.45) is 5.92 Å². The number of nitriles is 1. The molecule has 0 amide bonds. The van der Waals surface area contributed by atoms with E-state index in [4.69, 9.17) is 0 Å².